The first-order valence-electron chi connectivity index (χ1n) is 6.27. The molecule has 2 fully saturated rings. The van der Waals surface area contributed by atoms with Crippen LogP contribution in [-0.2, 0) is 0 Å². The lowest BCUT2D eigenvalue weighted by Crippen LogP contribution is -2.31. The van der Waals surface area contributed by atoms with Crippen molar-refractivity contribution < 1.29 is 0 Å². The van der Waals surface area contributed by atoms with Crippen LogP contribution in [0.1, 0.15) is 57.8 Å². The summed E-state index contributed by atoms with van der Waals surface area (Å²) in [5, 5.41) is 6.60. The van der Waals surface area contributed by atoms with Gasteiger partial charge >= 0.3 is 0 Å². The second-order valence-corrected chi connectivity index (χ2v) is 5.90. The highest BCUT2D eigenvalue weighted by molar-refractivity contribution is 7.97. The number of hydrogen-bond donors (Lipinski definition) is 1. The molecule has 2 unspecified atom stereocenters. The van der Waals surface area contributed by atoms with E-state index < -0.39 is 0 Å². The molecule has 0 bridgehead atoms. The van der Waals surface area contributed by atoms with Gasteiger partial charge in [-0.25, -0.2) is 0 Å². The smallest absolute Gasteiger partial charge is 0.0221 e. The fourth-order valence-corrected chi connectivity index (χ4v) is 4.26. The second kappa shape index (κ2) is 5.41. The van der Waals surface area contributed by atoms with Crippen molar-refractivity contribution in [2.45, 2.75) is 63.0 Å². The molecule has 14 heavy (non-hydrogen) atoms. The fourth-order valence-electron chi connectivity index (χ4n) is 3.40. The number of nitrogens with two attached hydrogens (primary N) is 1. The van der Waals surface area contributed by atoms with Crippen molar-refractivity contribution in [1.82, 2.24) is 0 Å². The van der Waals surface area contributed by atoms with E-state index in [0.29, 0.717) is 0 Å². The Bertz CT molecular complexity index is 166. The molecule has 0 radical (unpaired) electrons. The van der Waals surface area contributed by atoms with E-state index in [1.54, 1.807) is 11.9 Å². The third kappa shape index (κ3) is 2.46. The summed E-state index contributed by atoms with van der Waals surface area (Å²) < 4.78 is 0. The van der Waals surface area contributed by atoms with Gasteiger partial charge < -0.3 is 0 Å². The standard InChI is InChI=1S/C12H23NS/c13-14-12-9-5-4-8-11(12)10-6-2-1-3-7-10/h10-12H,1-9,13H2. The van der Waals surface area contributed by atoms with Gasteiger partial charge in [0, 0.05) is 5.25 Å². The molecule has 0 aliphatic heterocycles. The predicted molar refractivity (Wildman–Crippen MR) is 64.1 cm³/mol. The Morgan fingerprint density at radius 3 is 2.14 bits per heavy atom. The van der Waals surface area contributed by atoms with E-state index in [1.165, 1.54) is 57.8 Å². The van der Waals surface area contributed by atoms with Crippen molar-refractivity contribution in [2.24, 2.45) is 17.0 Å². The van der Waals surface area contributed by atoms with Crippen molar-refractivity contribution >= 4 is 11.9 Å². The summed E-state index contributed by atoms with van der Waals surface area (Å²) in [5.74, 6) is 1.98. The van der Waals surface area contributed by atoms with E-state index in [4.69, 9.17) is 5.14 Å². The van der Waals surface area contributed by atoms with Gasteiger partial charge in [0.2, 0.25) is 0 Å². The molecule has 0 amide bonds. The monoisotopic (exact) mass is 213 g/mol. The second-order valence-electron chi connectivity index (χ2n) is 5.02. The Morgan fingerprint density at radius 2 is 1.43 bits per heavy atom. The maximum Gasteiger partial charge on any atom is 0.0221 e. The van der Waals surface area contributed by atoms with Crippen LogP contribution in [0.15, 0.2) is 0 Å². The summed E-state index contributed by atoms with van der Waals surface area (Å²) >= 11 is 1.65. The van der Waals surface area contributed by atoms with Crippen LogP contribution in [0.2, 0.25) is 0 Å². The Morgan fingerprint density at radius 1 is 0.786 bits per heavy atom. The first-order valence-corrected chi connectivity index (χ1v) is 7.21. The third-order valence-electron chi connectivity index (χ3n) is 4.18. The molecule has 2 N–H and O–H groups in total. The molecule has 2 atom stereocenters. The molecule has 2 heteroatoms. The molecule has 0 spiro atoms. The minimum atomic E-state index is 0.784. The Hall–Kier alpha value is 0.310. The first-order chi connectivity index (χ1) is 6.92. The molecule has 0 aromatic heterocycles. The van der Waals surface area contributed by atoms with Gasteiger partial charge in [0.15, 0.2) is 0 Å². The highest BCUT2D eigenvalue weighted by atomic mass is 32.2. The maximum atomic E-state index is 5.82. The lowest BCUT2D eigenvalue weighted by atomic mass is 9.73. The minimum absolute atomic E-state index is 0.784. The van der Waals surface area contributed by atoms with E-state index in [2.05, 4.69) is 0 Å². The summed E-state index contributed by atoms with van der Waals surface area (Å²) in [5.41, 5.74) is 0. The molecule has 0 heterocycles. The molecule has 0 aromatic carbocycles. The van der Waals surface area contributed by atoms with E-state index in [9.17, 15) is 0 Å². The van der Waals surface area contributed by atoms with E-state index >= 15 is 0 Å². The van der Waals surface area contributed by atoms with Crippen molar-refractivity contribution in [3.8, 4) is 0 Å². The minimum Gasteiger partial charge on any atom is -0.278 e. The molecule has 1 nitrogen and oxygen atoms in total. The summed E-state index contributed by atoms with van der Waals surface area (Å²) in [6, 6.07) is 0. The van der Waals surface area contributed by atoms with Crippen LogP contribution in [0.25, 0.3) is 0 Å². The summed E-state index contributed by atoms with van der Waals surface area (Å²) in [6.45, 7) is 0. The number of rotatable bonds is 2. The average Bonchev–Trinajstić information content (AvgIpc) is 2.30. The van der Waals surface area contributed by atoms with Gasteiger partial charge in [-0.2, -0.15) is 0 Å². The quantitative estimate of drug-likeness (QED) is 0.707. The van der Waals surface area contributed by atoms with Crippen molar-refractivity contribution in [2.75, 3.05) is 0 Å². The normalized spacial score (nSPS) is 35.8. The van der Waals surface area contributed by atoms with Crippen LogP contribution in [0.4, 0.5) is 0 Å². The predicted octanol–water partition coefficient (Wildman–Crippen LogP) is 3.73. The molecule has 82 valence electrons. The fraction of sp³-hybridized carbons (Fsp3) is 1.00. The summed E-state index contributed by atoms with van der Waals surface area (Å²) in [6.07, 6.45) is 13.1. The first kappa shape index (κ1) is 10.8. The topological polar surface area (TPSA) is 26.0 Å². The van der Waals surface area contributed by atoms with Crippen LogP contribution in [0, 0.1) is 11.8 Å². The zero-order valence-corrected chi connectivity index (χ0v) is 9.90. The summed E-state index contributed by atoms with van der Waals surface area (Å²) in [4.78, 5) is 0. The maximum absolute atomic E-state index is 5.82. The zero-order valence-electron chi connectivity index (χ0n) is 9.08. The van der Waals surface area contributed by atoms with E-state index in [1.807, 2.05) is 0 Å². The van der Waals surface area contributed by atoms with Gasteiger partial charge in [-0.3, -0.25) is 5.14 Å². The molecular formula is C12H23NS. The molecule has 2 aliphatic carbocycles. The van der Waals surface area contributed by atoms with Crippen LogP contribution < -0.4 is 5.14 Å². The van der Waals surface area contributed by atoms with Crippen molar-refractivity contribution in [3.63, 3.8) is 0 Å². The Balaban J connectivity index is 1.91. The van der Waals surface area contributed by atoms with E-state index in [-0.39, 0.29) is 0 Å². The highest BCUT2D eigenvalue weighted by Crippen LogP contribution is 2.41. The lowest BCUT2D eigenvalue weighted by Gasteiger charge is -2.37. The number of hydrogen-bond acceptors (Lipinski definition) is 2. The van der Waals surface area contributed by atoms with Gasteiger partial charge in [0.25, 0.3) is 0 Å². The molecular weight excluding hydrogens is 190 g/mol. The highest BCUT2D eigenvalue weighted by Gasteiger charge is 2.32. The largest absolute Gasteiger partial charge is 0.278 e. The van der Waals surface area contributed by atoms with Crippen molar-refractivity contribution in [3.05, 3.63) is 0 Å². The van der Waals surface area contributed by atoms with Gasteiger partial charge in [0.05, 0.1) is 0 Å². The SMILES string of the molecule is NSC1CCCCC1C1CCCCC1. The Kier molecular flexibility index (Phi) is 4.18. The van der Waals surface area contributed by atoms with Crippen LogP contribution in [0.5, 0.6) is 0 Å². The van der Waals surface area contributed by atoms with Gasteiger partial charge in [-0.15, -0.1) is 0 Å². The molecule has 0 saturated heterocycles. The zero-order chi connectivity index (χ0) is 9.80. The van der Waals surface area contributed by atoms with Crippen LogP contribution >= 0.6 is 11.9 Å². The van der Waals surface area contributed by atoms with Gasteiger partial charge in [-0.05, 0) is 24.7 Å². The third-order valence-corrected chi connectivity index (χ3v) is 5.12. The molecule has 2 saturated carbocycles. The van der Waals surface area contributed by atoms with Crippen LogP contribution in [0.3, 0.4) is 0 Å². The molecule has 2 rings (SSSR count). The summed E-state index contributed by atoms with van der Waals surface area (Å²) in [7, 11) is 0. The lowest BCUT2D eigenvalue weighted by molar-refractivity contribution is 0.203. The van der Waals surface area contributed by atoms with Gasteiger partial charge in [0.1, 0.15) is 0 Å². The Labute approximate surface area is 92.3 Å². The van der Waals surface area contributed by atoms with E-state index in [0.717, 1.165) is 17.1 Å². The van der Waals surface area contributed by atoms with Gasteiger partial charge in [-0.1, -0.05) is 56.9 Å². The van der Waals surface area contributed by atoms with Crippen LogP contribution in [-0.4, -0.2) is 5.25 Å². The van der Waals surface area contributed by atoms with Crippen molar-refractivity contribution in [1.29, 1.82) is 0 Å². The molecule has 0 aromatic rings. The average molecular weight is 213 g/mol. The molecule has 2 aliphatic rings.